The lowest BCUT2D eigenvalue weighted by Crippen LogP contribution is -2.10. The number of fused-ring (bicyclic) bond motifs is 1. The Hall–Kier alpha value is -2.16. The van der Waals surface area contributed by atoms with E-state index in [4.69, 9.17) is 21.1 Å². The first kappa shape index (κ1) is 19.6. The minimum atomic E-state index is -2.82. The second kappa shape index (κ2) is 8.24. The van der Waals surface area contributed by atoms with Gasteiger partial charge in [-0.15, -0.1) is 0 Å². The molecule has 0 fully saturated rings. The molecule has 0 aliphatic carbocycles. The van der Waals surface area contributed by atoms with Gasteiger partial charge in [0.1, 0.15) is 0 Å². The highest BCUT2D eigenvalue weighted by Crippen LogP contribution is 2.29. The van der Waals surface area contributed by atoms with Gasteiger partial charge in [-0.05, 0) is 30.7 Å². The zero-order valence-electron chi connectivity index (χ0n) is 15.2. The molecule has 0 aliphatic heterocycles. The molecular formula is C18H22ClN5O2S. The topological polar surface area (TPSA) is 92.9 Å². The maximum absolute atomic E-state index is 12.4. The van der Waals surface area contributed by atoms with Gasteiger partial charge in [0.15, 0.2) is 10.8 Å². The van der Waals surface area contributed by atoms with E-state index in [0.29, 0.717) is 29.7 Å². The van der Waals surface area contributed by atoms with Gasteiger partial charge in [-0.1, -0.05) is 23.7 Å². The monoisotopic (exact) mass is 407 g/mol. The van der Waals surface area contributed by atoms with Gasteiger partial charge in [0, 0.05) is 31.3 Å². The Morgan fingerprint density at radius 1 is 1.30 bits per heavy atom. The fourth-order valence-corrected chi connectivity index (χ4v) is 4.25. The average molecular weight is 408 g/mol. The van der Waals surface area contributed by atoms with Gasteiger partial charge >= 0.3 is 0 Å². The summed E-state index contributed by atoms with van der Waals surface area (Å²) in [5.41, 5.74) is 2.61. The van der Waals surface area contributed by atoms with Crippen LogP contribution in [0.5, 0.6) is 0 Å². The lowest BCUT2D eigenvalue weighted by molar-refractivity contribution is 0.217. The standard InChI is InChI=1S/C18H22ClN5O2S/c1-3-24-18-16(17(19)23-24)15(8-9-21-18)22-12-13-4-6-14(7-5-13)27(20,25)11-10-26-2/h4-9,20H,3,10-12H2,1-2H3,(H,21,22)/t27-/m1/s1. The Kier molecular flexibility index (Phi) is 5.98. The Morgan fingerprint density at radius 3 is 2.70 bits per heavy atom. The minimum absolute atomic E-state index is 0.190. The molecule has 2 N–H and O–H groups in total. The van der Waals surface area contributed by atoms with E-state index in [1.165, 1.54) is 7.11 Å². The summed E-state index contributed by atoms with van der Waals surface area (Å²) in [6.45, 7) is 3.54. The third-order valence-corrected chi connectivity index (χ3v) is 6.29. The van der Waals surface area contributed by atoms with Crippen LogP contribution in [0.4, 0.5) is 5.69 Å². The van der Waals surface area contributed by atoms with E-state index >= 15 is 0 Å². The predicted octanol–water partition coefficient (Wildman–Crippen LogP) is 3.77. The molecule has 9 heteroatoms. The number of hydrogen-bond donors (Lipinski definition) is 2. The number of nitrogens with one attached hydrogen (secondary N) is 2. The van der Waals surface area contributed by atoms with Crippen LogP contribution in [0.25, 0.3) is 11.0 Å². The fourth-order valence-electron chi connectivity index (χ4n) is 2.76. The van der Waals surface area contributed by atoms with Gasteiger partial charge < -0.3 is 10.1 Å². The van der Waals surface area contributed by atoms with Crippen molar-refractivity contribution in [3.05, 3.63) is 47.2 Å². The summed E-state index contributed by atoms with van der Waals surface area (Å²) in [6.07, 6.45) is 1.73. The number of halogens is 1. The Morgan fingerprint density at radius 2 is 2.04 bits per heavy atom. The van der Waals surface area contributed by atoms with Gasteiger partial charge in [-0.2, -0.15) is 5.10 Å². The van der Waals surface area contributed by atoms with Gasteiger partial charge in [-0.3, -0.25) is 0 Å². The highest BCUT2D eigenvalue weighted by Gasteiger charge is 2.13. The first-order valence-electron chi connectivity index (χ1n) is 8.55. The number of benzene rings is 1. The molecule has 3 aromatic rings. The number of nitrogens with zero attached hydrogens (tertiary/aromatic N) is 3. The second-order valence-corrected chi connectivity index (χ2v) is 8.62. The third kappa shape index (κ3) is 4.23. The van der Waals surface area contributed by atoms with E-state index in [9.17, 15) is 4.21 Å². The average Bonchev–Trinajstić information content (AvgIpc) is 3.01. The van der Waals surface area contributed by atoms with Crippen molar-refractivity contribution in [3.8, 4) is 0 Å². The normalized spacial score (nSPS) is 13.6. The molecule has 0 saturated carbocycles. The van der Waals surface area contributed by atoms with Gasteiger partial charge in [0.2, 0.25) is 0 Å². The number of ether oxygens (including phenoxy) is 1. The van der Waals surface area contributed by atoms with Gasteiger partial charge in [0.25, 0.3) is 0 Å². The van der Waals surface area contributed by atoms with Crippen LogP contribution in [0, 0.1) is 4.78 Å². The molecule has 0 spiro atoms. The Balaban J connectivity index is 1.76. The third-order valence-electron chi connectivity index (χ3n) is 4.25. The second-order valence-electron chi connectivity index (χ2n) is 6.03. The van der Waals surface area contributed by atoms with Crippen molar-refractivity contribution in [1.82, 2.24) is 14.8 Å². The van der Waals surface area contributed by atoms with E-state index in [1.807, 2.05) is 25.1 Å². The molecule has 144 valence electrons. The van der Waals surface area contributed by atoms with Crippen LogP contribution in [0.2, 0.25) is 5.15 Å². The highest BCUT2D eigenvalue weighted by atomic mass is 35.5. The van der Waals surface area contributed by atoms with Crippen molar-refractivity contribution < 1.29 is 8.95 Å². The smallest absolute Gasteiger partial charge is 0.162 e. The maximum atomic E-state index is 12.4. The molecule has 1 atom stereocenters. The molecule has 0 bridgehead atoms. The van der Waals surface area contributed by atoms with Crippen molar-refractivity contribution in [1.29, 1.82) is 4.78 Å². The zero-order valence-corrected chi connectivity index (χ0v) is 16.8. The number of anilines is 1. The van der Waals surface area contributed by atoms with Crippen molar-refractivity contribution in [3.63, 3.8) is 0 Å². The molecule has 2 aromatic heterocycles. The number of rotatable bonds is 8. The van der Waals surface area contributed by atoms with Crippen LogP contribution in [0.15, 0.2) is 41.4 Å². The van der Waals surface area contributed by atoms with E-state index in [-0.39, 0.29) is 5.75 Å². The lowest BCUT2D eigenvalue weighted by atomic mass is 10.2. The first-order chi connectivity index (χ1) is 13.0. The predicted molar refractivity (Wildman–Crippen MR) is 108 cm³/mol. The summed E-state index contributed by atoms with van der Waals surface area (Å²) in [5.74, 6) is 0.190. The molecule has 0 unspecified atom stereocenters. The van der Waals surface area contributed by atoms with Crippen molar-refractivity contribution in [2.45, 2.75) is 24.9 Å². The summed E-state index contributed by atoms with van der Waals surface area (Å²) < 4.78 is 27.1. The summed E-state index contributed by atoms with van der Waals surface area (Å²) >= 11 is 6.28. The van der Waals surface area contributed by atoms with E-state index in [1.54, 1.807) is 23.0 Å². The number of pyridine rings is 1. The van der Waals surface area contributed by atoms with Crippen LogP contribution >= 0.6 is 11.6 Å². The molecule has 0 saturated heterocycles. The number of aryl methyl sites for hydroxylation is 1. The molecule has 0 aliphatic rings. The summed E-state index contributed by atoms with van der Waals surface area (Å²) in [4.78, 5) is 4.88. The van der Waals surface area contributed by atoms with Gasteiger partial charge in [-0.25, -0.2) is 18.7 Å². The van der Waals surface area contributed by atoms with Crippen LogP contribution in [0.1, 0.15) is 12.5 Å². The Labute approximate surface area is 163 Å². The molecule has 27 heavy (non-hydrogen) atoms. The summed E-state index contributed by atoms with van der Waals surface area (Å²) in [5, 5.41) is 8.88. The summed E-state index contributed by atoms with van der Waals surface area (Å²) in [6, 6.07) is 9.10. The zero-order chi connectivity index (χ0) is 19.4. The highest BCUT2D eigenvalue weighted by molar-refractivity contribution is 7.92. The van der Waals surface area contributed by atoms with Crippen molar-refractivity contribution in [2.75, 3.05) is 24.8 Å². The van der Waals surface area contributed by atoms with E-state index in [2.05, 4.69) is 15.4 Å². The largest absolute Gasteiger partial charge is 0.384 e. The lowest BCUT2D eigenvalue weighted by Gasteiger charge is -2.10. The molecular weight excluding hydrogens is 386 g/mol. The number of methoxy groups -OCH3 is 1. The summed E-state index contributed by atoms with van der Waals surface area (Å²) in [7, 11) is -1.28. The van der Waals surface area contributed by atoms with Gasteiger partial charge in [0.05, 0.1) is 33.2 Å². The number of aromatic nitrogens is 3. The molecule has 1 aromatic carbocycles. The molecule has 0 radical (unpaired) electrons. The van der Waals surface area contributed by atoms with Crippen LogP contribution in [-0.4, -0.2) is 38.4 Å². The molecule has 2 heterocycles. The SMILES string of the molecule is CCn1nc(Cl)c2c(NCc3ccc([S@](=N)(=O)CCOC)cc3)ccnc21. The first-order valence-corrected chi connectivity index (χ1v) is 10.7. The maximum Gasteiger partial charge on any atom is 0.162 e. The van der Waals surface area contributed by atoms with Crippen molar-refractivity contribution in [2.24, 2.45) is 0 Å². The minimum Gasteiger partial charge on any atom is -0.384 e. The molecule has 0 amide bonds. The van der Waals surface area contributed by atoms with E-state index < -0.39 is 9.73 Å². The number of hydrogen-bond acceptors (Lipinski definition) is 6. The van der Waals surface area contributed by atoms with Crippen LogP contribution in [0.3, 0.4) is 0 Å². The Bertz CT molecular complexity index is 1030. The van der Waals surface area contributed by atoms with Crippen LogP contribution in [-0.2, 0) is 27.6 Å². The fraction of sp³-hybridized carbons (Fsp3) is 0.333. The molecule has 3 rings (SSSR count). The molecule has 7 nitrogen and oxygen atoms in total. The van der Waals surface area contributed by atoms with Crippen LogP contribution < -0.4 is 5.32 Å². The van der Waals surface area contributed by atoms with E-state index in [0.717, 1.165) is 22.3 Å². The quantitative estimate of drug-likeness (QED) is 0.592. The van der Waals surface area contributed by atoms with Crippen molar-refractivity contribution >= 4 is 38.1 Å².